The van der Waals surface area contributed by atoms with E-state index in [0.717, 1.165) is 40.3 Å². The van der Waals surface area contributed by atoms with Gasteiger partial charge in [0.1, 0.15) is 11.7 Å². The fourth-order valence-corrected chi connectivity index (χ4v) is 9.79. The van der Waals surface area contributed by atoms with Crippen molar-refractivity contribution in [1.82, 2.24) is 4.98 Å². The molecule has 0 unspecified atom stereocenters. The summed E-state index contributed by atoms with van der Waals surface area (Å²) in [5.74, 6) is 2.74. The van der Waals surface area contributed by atoms with Gasteiger partial charge in [0, 0.05) is 40.8 Å². The molecule has 1 aromatic heterocycles. The number of ether oxygens (including phenoxy) is 2. The number of aromatic nitrogens is 1. The first-order valence-electron chi connectivity index (χ1n) is 20.9. The van der Waals surface area contributed by atoms with E-state index in [1.54, 1.807) is 0 Å². The first kappa shape index (κ1) is 42.9. The molecule has 0 fully saturated rings. The molecule has 310 valence electrons. The maximum Gasteiger partial charge on any atom is 2.00 e. The van der Waals surface area contributed by atoms with Crippen LogP contribution in [0.25, 0.3) is 0 Å². The Kier molecular flexibility index (Phi) is 10.1. The van der Waals surface area contributed by atoms with E-state index in [-0.39, 0.29) is 42.7 Å². The molecule has 1 aliphatic carbocycles. The second kappa shape index (κ2) is 13.9. The van der Waals surface area contributed by atoms with Gasteiger partial charge in [-0.2, -0.15) is 6.07 Å². The molecule has 8 rings (SSSR count). The molecule has 4 aromatic carbocycles. The molecule has 0 spiro atoms. The van der Waals surface area contributed by atoms with E-state index in [2.05, 4.69) is 188 Å². The summed E-state index contributed by atoms with van der Waals surface area (Å²) in [5, 5.41) is 0. The Morgan fingerprint density at radius 1 is 0.712 bits per heavy atom. The molecule has 0 saturated carbocycles. The summed E-state index contributed by atoms with van der Waals surface area (Å²) in [6.07, 6.45) is 2.75. The standard InChI is InChI=1S/C53H61N3O2.Pt/c1-31-17-18-43-41(21-31)51(14,15)42-24-34(4)45(29-44(42)56(43)46-28-37(19-20-54-46)48(5,6)7)57-39-26-35(25-38(27-39)49(8,9)10)47-55-52(16)30-36-22-32(2)33(3)23-40(36)53(52,58-47)50(11,12)13;/h17-25,27-28H,30H2,1-16H3;/q-2;+2/t52-,53-;/m1./s1. The molecule has 0 saturated heterocycles. The number of hydrogen-bond acceptors (Lipinski definition) is 5. The van der Waals surface area contributed by atoms with Crippen molar-refractivity contribution in [3.63, 3.8) is 0 Å². The van der Waals surface area contributed by atoms with Crippen LogP contribution in [0.1, 0.15) is 144 Å². The number of rotatable bonds is 4. The number of hydrogen-bond donors (Lipinski definition) is 0. The average molecular weight is 967 g/mol. The summed E-state index contributed by atoms with van der Waals surface area (Å²) < 4.78 is 14.3. The van der Waals surface area contributed by atoms with Crippen molar-refractivity contribution in [2.75, 3.05) is 4.90 Å². The van der Waals surface area contributed by atoms with Crippen LogP contribution >= 0.6 is 0 Å². The predicted octanol–water partition coefficient (Wildman–Crippen LogP) is 13.4. The maximum atomic E-state index is 7.32. The van der Waals surface area contributed by atoms with E-state index in [9.17, 15) is 0 Å². The fraction of sp³-hybridized carbons (Fsp3) is 0.434. The summed E-state index contributed by atoms with van der Waals surface area (Å²) in [4.78, 5) is 12.8. The largest absolute Gasteiger partial charge is 2.00 e. The van der Waals surface area contributed by atoms with Crippen LogP contribution < -0.4 is 9.64 Å². The number of nitrogens with zero attached hydrogens (tertiary/aromatic N) is 3. The second-order valence-electron chi connectivity index (χ2n) is 21.2. The van der Waals surface area contributed by atoms with Crippen LogP contribution in [0.2, 0.25) is 0 Å². The zero-order valence-electron chi connectivity index (χ0n) is 38.0. The van der Waals surface area contributed by atoms with Crippen LogP contribution in [-0.2, 0) is 54.1 Å². The van der Waals surface area contributed by atoms with Crippen LogP contribution in [0.15, 0.2) is 71.9 Å². The van der Waals surface area contributed by atoms with Gasteiger partial charge in [0.15, 0.2) is 5.60 Å². The third kappa shape index (κ3) is 6.79. The van der Waals surface area contributed by atoms with Gasteiger partial charge in [0.2, 0.25) is 0 Å². The van der Waals surface area contributed by atoms with Crippen molar-refractivity contribution < 1.29 is 30.5 Å². The Hall–Kier alpha value is -4.21. The minimum Gasteiger partial charge on any atom is -0.507 e. The molecule has 0 radical (unpaired) electrons. The number of pyridine rings is 1. The normalized spacial score (nSPS) is 20.5. The van der Waals surface area contributed by atoms with Crippen LogP contribution in [-0.4, -0.2) is 16.4 Å². The quantitative estimate of drug-likeness (QED) is 0.168. The SMILES string of the molecule is Cc1ccc2c(c1)C(C)(C)c1cc(C)c(Oc3[c-]c(C4=N[C@]5(C)Cc6cc(C)c(C)cc6[C@]5(C(C)(C)C)O4)cc(C(C)(C)C)c3)[c-]c1N2c1cc(C(C)(C)C)ccn1.[Pt+2]. The average Bonchev–Trinajstić information content (AvgIpc) is 3.56. The second-order valence-corrected chi connectivity index (χ2v) is 21.2. The van der Waals surface area contributed by atoms with Gasteiger partial charge in [-0.25, -0.2) is 4.98 Å². The van der Waals surface area contributed by atoms with Crippen LogP contribution in [0.3, 0.4) is 0 Å². The van der Waals surface area contributed by atoms with Crippen molar-refractivity contribution in [1.29, 1.82) is 0 Å². The Balaban J connectivity index is 0.00000528. The number of aliphatic imine (C=N–C) groups is 1. The molecule has 0 amide bonds. The molecule has 2 aliphatic heterocycles. The van der Waals surface area contributed by atoms with Gasteiger partial charge in [0.05, 0.1) is 5.54 Å². The van der Waals surface area contributed by atoms with Gasteiger partial charge in [0.25, 0.3) is 0 Å². The summed E-state index contributed by atoms with van der Waals surface area (Å²) in [7, 11) is 0. The predicted molar refractivity (Wildman–Crippen MR) is 239 cm³/mol. The van der Waals surface area contributed by atoms with Gasteiger partial charge in [-0.15, -0.1) is 28.8 Å². The third-order valence-corrected chi connectivity index (χ3v) is 13.2. The van der Waals surface area contributed by atoms with E-state index >= 15 is 0 Å². The smallest absolute Gasteiger partial charge is 0.507 e. The molecular formula is C53H61N3O2Pt. The zero-order valence-corrected chi connectivity index (χ0v) is 40.3. The Morgan fingerprint density at radius 3 is 2.03 bits per heavy atom. The molecule has 0 bridgehead atoms. The summed E-state index contributed by atoms with van der Waals surface area (Å²) >= 11 is 0. The molecule has 0 N–H and O–H groups in total. The van der Waals surface area contributed by atoms with E-state index in [4.69, 9.17) is 19.5 Å². The first-order valence-corrected chi connectivity index (χ1v) is 20.9. The fourth-order valence-electron chi connectivity index (χ4n) is 9.79. The topological polar surface area (TPSA) is 47.0 Å². The Labute approximate surface area is 368 Å². The van der Waals surface area contributed by atoms with Crippen molar-refractivity contribution in [2.45, 2.75) is 145 Å². The molecule has 2 atom stereocenters. The van der Waals surface area contributed by atoms with Gasteiger partial charge in [-0.05, 0) is 90.0 Å². The number of aryl methyl sites for hydroxylation is 4. The molecule has 3 aliphatic rings. The maximum absolute atomic E-state index is 7.32. The molecule has 59 heavy (non-hydrogen) atoms. The number of anilines is 3. The van der Waals surface area contributed by atoms with Gasteiger partial charge >= 0.3 is 21.1 Å². The first-order chi connectivity index (χ1) is 26.8. The monoisotopic (exact) mass is 966 g/mol. The minimum absolute atomic E-state index is 0. The van der Waals surface area contributed by atoms with Crippen molar-refractivity contribution >= 4 is 23.1 Å². The van der Waals surface area contributed by atoms with E-state index in [0.29, 0.717) is 17.4 Å². The number of fused-ring (bicyclic) bond motifs is 5. The summed E-state index contributed by atoms with van der Waals surface area (Å²) in [6.45, 7) is 35.8. The van der Waals surface area contributed by atoms with Crippen molar-refractivity contribution in [2.24, 2.45) is 10.4 Å². The molecular weight excluding hydrogens is 906 g/mol. The molecule has 3 heterocycles. The van der Waals surface area contributed by atoms with Gasteiger partial charge in [-0.3, -0.25) is 4.99 Å². The molecule has 6 heteroatoms. The van der Waals surface area contributed by atoms with Crippen molar-refractivity contribution in [3.8, 4) is 11.5 Å². The summed E-state index contributed by atoms with van der Waals surface area (Å²) in [5.41, 5.74) is 13.1. The van der Waals surface area contributed by atoms with E-state index in [1.165, 1.54) is 44.5 Å². The number of benzene rings is 4. The van der Waals surface area contributed by atoms with E-state index < -0.39 is 11.1 Å². The molecule has 5 nitrogen and oxygen atoms in total. The van der Waals surface area contributed by atoms with Gasteiger partial charge < -0.3 is 14.4 Å². The van der Waals surface area contributed by atoms with Crippen LogP contribution in [0.5, 0.6) is 11.5 Å². The van der Waals surface area contributed by atoms with E-state index in [1.807, 2.05) is 6.20 Å². The Morgan fingerprint density at radius 2 is 1.37 bits per heavy atom. The Bertz CT molecular complexity index is 2550. The van der Waals surface area contributed by atoms with Gasteiger partial charge in [-0.1, -0.05) is 136 Å². The van der Waals surface area contributed by atoms with Crippen molar-refractivity contribution in [3.05, 3.63) is 140 Å². The van der Waals surface area contributed by atoms with Crippen LogP contribution in [0.4, 0.5) is 17.2 Å². The third-order valence-electron chi connectivity index (χ3n) is 13.2. The summed E-state index contributed by atoms with van der Waals surface area (Å²) in [6, 6.07) is 29.8. The zero-order chi connectivity index (χ0) is 42.1. The minimum atomic E-state index is -0.637. The molecule has 5 aromatic rings. The van der Waals surface area contributed by atoms with Crippen LogP contribution in [0, 0.1) is 45.2 Å².